The number of piperidine rings is 1. The molecule has 0 bridgehead atoms. The van der Waals surface area contributed by atoms with Gasteiger partial charge in [-0.1, -0.05) is 20.8 Å². The Morgan fingerprint density at radius 1 is 1.33 bits per heavy atom. The monoisotopic (exact) mass is 235 g/mol. The molecule has 0 saturated carbocycles. The van der Waals surface area contributed by atoms with E-state index in [1.165, 1.54) is 7.11 Å². The van der Waals surface area contributed by atoms with Gasteiger partial charge in [-0.05, 0) is 24.3 Å². The molecule has 0 aromatic carbocycles. The normalized spacial score (nSPS) is 26.7. The van der Waals surface area contributed by atoms with Crippen LogP contribution in [0, 0.1) is 17.3 Å². The summed E-state index contributed by atoms with van der Waals surface area (Å²) in [6.45, 7) is 8.44. The van der Waals surface area contributed by atoms with Gasteiger partial charge >= 0.3 is 5.97 Å². The highest BCUT2D eigenvalue weighted by molar-refractivity contribution is 5.85. The van der Waals surface area contributed by atoms with Crippen molar-refractivity contribution in [2.24, 2.45) is 17.3 Å². The second-order valence-corrected chi connectivity index (χ2v) is 5.18. The summed E-state index contributed by atoms with van der Waals surface area (Å²) in [5, 5.41) is 3.31. The third kappa shape index (κ3) is 3.99. The summed E-state index contributed by atoms with van der Waals surface area (Å²) in [5.74, 6) is 0.518. The van der Waals surface area contributed by atoms with Crippen LogP contribution in [-0.2, 0) is 9.53 Å². The first-order valence-corrected chi connectivity index (χ1v) is 5.23. The van der Waals surface area contributed by atoms with Gasteiger partial charge in [-0.15, -0.1) is 12.4 Å². The van der Waals surface area contributed by atoms with E-state index in [9.17, 15) is 4.79 Å². The van der Waals surface area contributed by atoms with E-state index in [0.717, 1.165) is 19.5 Å². The maximum atomic E-state index is 11.4. The van der Waals surface area contributed by atoms with E-state index in [0.29, 0.717) is 5.92 Å². The number of methoxy groups -OCH3 is 1. The number of nitrogens with one attached hydrogen (secondary N) is 1. The van der Waals surface area contributed by atoms with E-state index < -0.39 is 0 Å². The molecule has 1 saturated heterocycles. The molecule has 2 atom stereocenters. The van der Waals surface area contributed by atoms with E-state index >= 15 is 0 Å². The summed E-state index contributed by atoms with van der Waals surface area (Å²) in [6, 6.07) is 0. The molecule has 15 heavy (non-hydrogen) atoms. The predicted molar refractivity (Wildman–Crippen MR) is 63.2 cm³/mol. The summed E-state index contributed by atoms with van der Waals surface area (Å²) in [5.41, 5.74) is 0.264. The van der Waals surface area contributed by atoms with Crippen LogP contribution in [0.25, 0.3) is 0 Å². The van der Waals surface area contributed by atoms with Gasteiger partial charge in [0.25, 0.3) is 0 Å². The van der Waals surface area contributed by atoms with E-state index in [4.69, 9.17) is 4.74 Å². The Morgan fingerprint density at radius 2 is 1.93 bits per heavy atom. The molecule has 90 valence electrons. The minimum Gasteiger partial charge on any atom is -0.469 e. The molecule has 0 amide bonds. The van der Waals surface area contributed by atoms with Crippen molar-refractivity contribution in [2.45, 2.75) is 27.2 Å². The van der Waals surface area contributed by atoms with E-state index in [2.05, 4.69) is 26.1 Å². The lowest BCUT2D eigenvalue weighted by Crippen LogP contribution is -2.44. The lowest BCUT2D eigenvalue weighted by atomic mass is 9.74. The van der Waals surface area contributed by atoms with Gasteiger partial charge in [0.1, 0.15) is 0 Å². The molecule has 0 aromatic rings. The van der Waals surface area contributed by atoms with Crippen molar-refractivity contribution in [1.82, 2.24) is 5.32 Å². The first-order chi connectivity index (χ1) is 6.45. The lowest BCUT2D eigenvalue weighted by Gasteiger charge is -2.37. The summed E-state index contributed by atoms with van der Waals surface area (Å²) in [4.78, 5) is 11.4. The van der Waals surface area contributed by atoms with Gasteiger partial charge in [0.15, 0.2) is 0 Å². The maximum Gasteiger partial charge on any atom is 0.309 e. The zero-order valence-corrected chi connectivity index (χ0v) is 10.8. The third-order valence-electron chi connectivity index (χ3n) is 3.11. The molecule has 0 aromatic heterocycles. The van der Waals surface area contributed by atoms with Crippen LogP contribution < -0.4 is 5.32 Å². The van der Waals surface area contributed by atoms with Crippen molar-refractivity contribution in [3.05, 3.63) is 0 Å². The molecule has 0 aliphatic carbocycles. The van der Waals surface area contributed by atoms with Gasteiger partial charge in [-0.2, -0.15) is 0 Å². The Morgan fingerprint density at radius 3 is 2.40 bits per heavy atom. The van der Waals surface area contributed by atoms with E-state index in [-0.39, 0.29) is 29.7 Å². The highest BCUT2D eigenvalue weighted by atomic mass is 35.5. The summed E-state index contributed by atoms with van der Waals surface area (Å²) in [6.07, 6.45) is 0.948. The van der Waals surface area contributed by atoms with Crippen LogP contribution in [0.3, 0.4) is 0 Å². The van der Waals surface area contributed by atoms with Gasteiger partial charge in [0.05, 0.1) is 13.0 Å². The Kier molecular flexibility index (Phi) is 5.60. The quantitative estimate of drug-likeness (QED) is 0.705. The Balaban J connectivity index is 0.00000196. The molecule has 1 aliphatic heterocycles. The average Bonchev–Trinajstić information content (AvgIpc) is 2.15. The van der Waals surface area contributed by atoms with Crippen molar-refractivity contribution in [1.29, 1.82) is 0 Å². The molecule has 1 heterocycles. The molecule has 4 heteroatoms. The summed E-state index contributed by atoms with van der Waals surface area (Å²) in [7, 11) is 1.46. The van der Waals surface area contributed by atoms with Crippen LogP contribution in [0.4, 0.5) is 0 Å². The first-order valence-electron chi connectivity index (χ1n) is 5.23. The molecule has 1 rings (SSSR count). The number of ether oxygens (including phenoxy) is 1. The van der Waals surface area contributed by atoms with Crippen molar-refractivity contribution in [3.8, 4) is 0 Å². The molecule has 3 nitrogen and oxygen atoms in total. The van der Waals surface area contributed by atoms with Crippen molar-refractivity contribution < 1.29 is 9.53 Å². The topological polar surface area (TPSA) is 38.3 Å². The molecular formula is C11H22ClNO2. The highest BCUT2D eigenvalue weighted by Crippen LogP contribution is 2.33. The fourth-order valence-electron chi connectivity index (χ4n) is 1.95. The van der Waals surface area contributed by atoms with Crippen molar-refractivity contribution in [3.63, 3.8) is 0 Å². The molecule has 1 fully saturated rings. The second-order valence-electron chi connectivity index (χ2n) is 5.18. The van der Waals surface area contributed by atoms with Crippen LogP contribution >= 0.6 is 12.4 Å². The Hall–Kier alpha value is -0.280. The molecule has 1 aliphatic rings. The minimum absolute atomic E-state index is 0. The lowest BCUT2D eigenvalue weighted by molar-refractivity contribution is -0.147. The number of carbonyl (C=O) groups excluding carboxylic acids is 1. The van der Waals surface area contributed by atoms with Gasteiger partial charge in [-0.25, -0.2) is 0 Å². The third-order valence-corrected chi connectivity index (χ3v) is 3.11. The zero-order valence-electron chi connectivity index (χ0n) is 10.0. The fraction of sp³-hybridized carbons (Fsp3) is 0.909. The SMILES string of the molecule is COC(=O)[C@H]1CNC[C@H](C(C)(C)C)C1.Cl. The second kappa shape index (κ2) is 5.71. The number of rotatable bonds is 1. The van der Waals surface area contributed by atoms with E-state index in [1.54, 1.807) is 0 Å². The predicted octanol–water partition coefficient (Wildman–Crippen LogP) is 1.85. The number of carbonyl (C=O) groups is 1. The maximum absolute atomic E-state index is 11.4. The zero-order chi connectivity index (χ0) is 10.8. The van der Waals surface area contributed by atoms with Gasteiger partial charge in [0.2, 0.25) is 0 Å². The fourth-order valence-corrected chi connectivity index (χ4v) is 1.95. The Labute approximate surface area is 98.4 Å². The van der Waals surface area contributed by atoms with Crippen LogP contribution in [0.15, 0.2) is 0 Å². The van der Waals surface area contributed by atoms with Gasteiger partial charge < -0.3 is 10.1 Å². The molecule has 0 spiro atoms. The van der Waals surface area contributed by atoms with Crippen LogP contribution in [0.2, 0.25) is 0 Å². The number of esters is 1. The minimum atomic E-state index is -0.0774. The van der Waals surface area contributed by atoms with Crippen molar-refractivity contribution in [2.75, 3.05) is 20.2 Å². The average molecular weight is 236 g/mol. The smallest absolute Gasteiger partial charge is 0.309 e. The number of halogens is 1. The largest absolute Gasteiger partial charge is 0.469 e. The van der Waals surface area contributed by atoms with E-state index in [1.807, 2.05) is 0 Å². The number of hydrogen-bond acceptors (Lipinski definition) is 3. The number of hydrogen-bond donors (Lipinski definition) is 1. The van der Waals surface area contributed by atoms with Crippen LogP contribution in [0.1, 0.15) is 27.2 Å². The van der Waals surface area contributed by atoms with Gasteiger partial charge in [0, 0.05) is 6.54 Å². The molecule has 1 N–H and O–H groups in total. The van der Waals surface area contributed by atoms with Gasteiger partial charge in [-0.3, -0.25) is 4.79 Å². The first kappa shape index (κ1) is 14.7. The summed E-state index contributed by atoms with van der Waals surface area (Å²) < 4.78 is 4.77. The molecular weight excluding hydrogens is 214 g/mol. The molecule has 0 unspecified atom stereocenters. The van der Waals surface area contributed by atoms with Crippen LogP contribution in [0.5, 0.6) is 0 Å². The highest BCUT2D eigenvalue weighted by Gasteiger charge is 2.33. The summed E-state index contributed by atoms with van der Waals surface area (Å²) >= 11 is 0. The Bertz CT molecular complexity index is 213. The van der Waals surface area contributed by atoms with Crippen molar-refractivity contribution >= 4 is 18.4 Å². The molecule has 0 radical (unpaired) electrons. The van der Waals surface area contributed by atoms with Crippen LogP contribution in [-0.4, -0.2) is 26.2 Å². The standard InChI is InChI=1S/C11H21NO2.ClH/c1-11(2,3)9-5-8(6-12-7-9)10(13)14-4;/h8-9,12H,5-7H2,1-4H3;1H/t8-,9-;/m1./s1.